The molecule has 2 aromatic heterocycles. The number of anilines is 2. The van der Waals surface area contributed by atoms with E-state index in [0.717, 1.165) is 11.4 Å². The summed E-state index contributed by atoms with van der Waals surface area (Å²) in [6.45, 7) is 1.87. The normalized spacial score (nSPS) is 10.5. The van der Waals surface area contributed by atoms with E-state index in [1.54, 1.807) is 4.68 Å². The van der Waals surface area contributed by atoms with E-state index >= 15 is 0 Å². The Balaban J connectivity index is 2.33. The summed E-state index contributed by atoms with van der Waals surface area (Å²) < 4.78 is 1.68. The van der Waals surface area contributed by atoms with Crippen LogP contribution in [-0.2, 0) is 7.05 Å². The Morgan fingerprint density at radius 3 is 2.69 bits per heavy atom. The third-order valence-electron chi connectivity index (χ3n) is 1.89. The third kappa shape index (κ3) is 2.23. The smallest absolute Gasteiger partial charge is 0.245 e. The highest BCUT2D eigenvalue weighted by Gasteiger charge is 2.09. The fourth-order valence-corrected chi connectivity index (χ4v) is 1.47. The lowest BCUT2D eigenvalue weighted by molar-refractivity contribution is 0.756. The summed E-state index contributed by atoms with van der Waals surface area (Å²) in [5.41, 5.74) is 1.62. The molecule has 0 bridgehead atoms. The molecular weight excluding hydrogens is 251 g/mol. The van der Waals surface area contributed by atoms with Gasteiger partial charge in [-0.3, -0.25) is 4.68 Å². The van der Waals surface area contributed by atoms with Gasteiger partial charge in [0.15, 0.2) is 11.0 Å². The van der Waals surface area contributed by atoms with Gasteiger partial charge in [0.05, 0.1) is 11.4 Å². The zero-order chi connectivity index (χ0) is 11.7. The fourth-order valence-electron chi connectivity index (χ4n) is 1.22. The van der Waals surface area contributed by atoms with E-state index in [9.17, 15) is 0 Å². The molecule has 16 heavy (non-hydrogen) atoms. The Hall–Kier alpha value is -1.40. The highest BCUT2D eigenvalue weighted by atomic mass is 35.5. The maximum atomic E-state index is 5.82. The van der Waals surface area contributed by atoms with Crippen molar-refractivity contribution in [2.75, 3.05) is 5.32 Å². The molecular formula is C8H8Cl2N6. The number of aromatic nitrogens is 5. The molecule has 2 aromatic rings. The first-order valence-electron chi connectivity index (χ1n) is 4.39. The van der Waals surface area contributed by atoms with Gasteiger partial charge in [-0.05, 0) is 18.5 Å². The maximum absolute atomic E-state index is 5.82. The number of hydrogen-bond donors (Lipinski definition) is 1. The second-order valence-electron chi connectivity index (χ2n) is 3.15. The van der Waals surface area contributed by atoms with E-state index in [1.807, 2.05) is 20.2 Å². The Morgan fingerprint density at radius 2 is 2.06 bits per heavy atom. The van der Waals surface area contributed by atoms with Gasteiger partial charge in [0, 0.05) is 13.2 Å². The van der Waals surface area contributed by atoms with Crippen LogP contribution in [0.5, 0.6) is 0 Å². The zero-order valence-electron chi connectivity index (χ0n) is 8.57. The fraction of sp³-hybridized carbons (Fsp3) is 0.250. The molecule has 0 unspecified atom stereocenters. The lowest BCUT2D eigenvalue weighted by Gasteiger charge is -2.04. The summed E-state index contributed by atoms with van der Waals surface area (Å²) >= 11 is 11.4. The van der Waals surface area contributed by atoms with Gasteiger partial charge in [-0.15, -0.1) is 10.2 Å². The summed E-state index contributed by atoms with van der Waals surface area (Å²) in [6.07, 6.45) is 1.81. The first-order chi connectivity index (χ1) is 7.56. The van der Waals surface area contributed by atoms with Gasteiger partial charge in [0.2, 0.25) is 5.28 Å². The Labute approximate surface area is 102 Å². The molecule has 6 nitrogen and oxygen atoms in total. The highest BCUT2D eigenvalue weighted by molar-refractivity contribution is 6.32. The van der Waals surface area contributed by atoms with Gasteiger partial charge >= 0.3 is 0 Å². The van der Waals surface area contributed by atoms with Crippen LogP contribution in [0.4, 0.5) is 11.5 Å². The van der Waals surface area contributed by atoms with Crippen molar-refractivity contribution >= 4 is 34.7 Å². The minimum atomic E-state index is 0.0356. The van der Waals surface area contributed by atoms with E-state index in [-0.39, 0.29) is 10.4 Å². The third-order valence-corrected chi connectivity index (χ3v) is 2.30. The number of rotatable bonds is 2. The molecule has 2 rings (SSSR count). The second kappa shape index (κ2) is 4.23. The van der Waals surface area contributed by atoms with Crippen LogP contribution < -0.4 is 5.32 Å². The molecule has 0 aromatic carbocycles. The minimum Gasteiger partial charge on any atom is -0.335 e. The number of nitrogens with one attached hydrogen (secondary N) is 1. The van der Waals surface area contributed by atoms with Crippen LogP contribution in [0, 0.1) is 6.92 Å². The van der Waals surface area contributed by atoms with E-state index < -0.39 is 0 Å². The Morgan fingerprint density at radius 1 is 1.31 bits per heavy atom. The summed E-state index contributed by atoms with van der Waals surface area (Å²) in [7, 11) is 1.82. The first-order valence-corrected chi connectivity index (χ1v) is 5.15. The number of hydrogen-bond acceptors (Lipinski definition) is 5. The predicted octanol–water partition coefficient (Wildman–Crippen LogP) is 1.96. The van der Waals surface area contributed by atoms with Crippen molar-refractivity contribution < 1.29 is 0 Å². The predicted molar refractivity (Wildman–Crippen MR) is 61.1 cm³/mol. The molecule has 0 spiro atoms. The summed E-state index contributed by atoms with van der Waals surface area (Å²) in [6, 6.07) is 0. The minimum absolute atomic E-state index is 0.0356. The molecule has 0 aliphatic carbocycles. The average molecular weight is 259 g/mol. The van der Waals surface area contributed by atoms with Crippen LogP contribution in [0.25, 0.3) is 0 Å². The van der Waals surface area contributed by atoms with Crippen molar-refractivity contribution in [3.63, 3.8) is 0 Å². The lowest BCUT2D eigenvalue weighted by atomic mass is 10.4. The van der Waals surface area contributed by atoms with Gasteiger partial charge in [0.1, 0.15) is 0 Å². The number of halogens is 2. The highest BCUT2D eigenvalue weighted by Crippen LogP contribution is 2.23. The van der Waals surface area contributed by atoms with E-state index in [0.29, 0.717) is 5.82 Å². The van der Waals surface area contributed by atoms with Gasteiger partial charge in [-0.2, -0.15) is 10.1 Å². The van der Waals surface area contributed by atoms with Crippen LogP contribution in [0.2, 0.25) is 10.4 Å². The van der Waals surface area contributed by atoms with Gasteiger partial charge in [0.25, 0.3) is 0 Å². The van der Waals surface area contributed by atoms with Crippen molar-refractivity contribution in [3.05, 3.63) is 22.3 Å². The standard InChI is InChI=1S/C8H8Cl2N6/c1-4-5(3-16(2)15-4)11-7-6(9)13-14-8(10)12-7/h3H,1-2H3,(H,11,12,14). The quantitative estimate of drug-likeness (QED) is 0.892. The van der Waals surface area contributed by atoms with E-state index in [2.05, 4.69) is 25.6 Å². The largest absolute Gasteiger partial charge is 0.335 e. The van der Waals surface area contributed by atoms with Crippen LogP contribution in [0.15, 0.2) is 6.20 Å². The Kier molecular flexibility index (Phi) is 2.93. The first kappa shape index (κ1) is 11.1. The molecule has 0 saturated carbocycles. The van der Waals surface area contributed by atoms with Gasteiger partial charge < -0.3 is 5.32 Å². The molecule has 2 heterocycles. The van der Waals surface area contributed by atoms with Crippen LogP contribution in [0.1, 0.15) is 5.69 Å². The SMILES string of the molecule is Cc1nn(C)cc1Nc1nc(Cl)nnc1Cl. The second-order valence-corrected chi connectivity index (χ2v) is 3.84. The molecule has 0 saturated heterocycles. The lowest BCUT2D eigenvalue weighted by Crippen LogP contribution is -1.99. The molecule has 0 aliphatic heterocycles. The molecule has 0 fully saturated rings. The molecule has 8 heteroatoms. The topological polar surface area (TPSA) is 68.5 Å². The van der Waals surface area contributed by atoms with E-state index in [4.69, 9.17) is 23.2 Å². The number of nitrogens with zero attached hydrogens (tertiary/aromatic N) is 5. The Bertz CT molecular complexity index is 523. The molecule has 0 radical (unpaired) electrons. The molecule has 0 amide bonds. The van der Waals surface area contributed by atoms with Crippen LogP contribution in [-0.4, -0.2) is 25.0 Å². The monoisotopic (exact) mass is 258 g/mol. The van der Waals surface area contributed by atoms with Crippen molar-refractivity contribution in [2.24, 2.45) is 7.05 Å². The van der Waals surface area contributed by atoms with Crippen molar-refractivity contribution in [2.45, 2.75) is 6.92 Å². The summed E-state index contributed by atoms with van der Waals surface area (Å²) in [5, 5.41) is 14.5. The zero-order valence-corrected chi connectivity index (χ0v) is 10.1. The van der Waals surface area contributed by atoms with E-state index in [1.165, 1.54) is 0 Å². The van der Waals surface area contributed by atoms with Crippen LogP contribution in [0.3, 0.4) is 0 Å². The van der Waals surface area contributed by atoms with Crippen molar-refractivity contribution in [1.29, 1.82) is 0 Å². The molecule has 0 atom stereocenters. The summed E-state index contributed by atoms with van der Waals surface area (Å²) in [5.74, 6) is 0.359. The molecule has 84 valence electrons. The molecule has 1 N–H and O–H groups in total. The number of aryl methyl sites for hydroxylation is 2. The van der Waals surface area contributed by atoms with Crippen molar-refractivity contribution in [1.82, 2.24) is 25.0 Å². The van der Waals surface area contributed by atoms with Gasteiger partial charge in [-0.25, -0.2) is 0 Å². The average Bonchev–Trinajstić information content (AvgIpc) is 2.51. The van der Waals surface area contributed by atoms with Gasteiger partial charge in [-0.1, -0.05) is 11.6 Å². The van der Waals surface area contributed by atoms with Crippen molar-refractivity contribution in [3.8, 4) is 0 Å². The van der Waals surface area contributed by atoms with Crippen LogP contribution >= 0.6 is 23.2 Å². The summed E-state index contributed by atoms with van der Waals surface area (Å²) in [4.78, 5) is 3.93. The molecule has 0 aliphatic rings. The maximum Gasteiger partial charge on any atom is 0.245 e.